The molecule has 0 aliphatic carbocycles. The van der Waals surface area contributed by atoms with E-state index in [1.54, 1.807) is 35.2 Å². The highest BCUT2D eigenvalue weighted by atomic mass is 16.5. The number of nitrogens with zero attached hydrogens (tertiary/aromatic N) is 4. The molecule has 0 bridgehead atoms. The van der Waals surface area contributed by atoms with Crippen LogP contribution in [0.15, 0.2) is 35.4 Å². The standard InChI is InChI=1S/C17H23N5O3/c1-12-3-5-20(16(23)7-12)11-17(24)22-10-14(25-2)8-13(22)9-21-6-4-15(18)19-21/h3-7,13-14H,8-11H2,1-2H3,(H2,18,19)/t13-,14-/m0/s1. The van der Waals surface area contributed by atoms with Crippen LogP contribution in [-0.4, -0.2) is 51.0 Å². The van der Waals surface area contributed by atoms with E-state index in [1.807, 2.05) is 13.0 Å². The van der Waals surface area contributed by atoms with Gasteiger partial charge in [-0.05, 0) is 31.0 Å². The molecule has 2 aromatic rings. The van der Waals surface area contributed by atoms with Crippen LogP contribution in [0.2, 0.25) is 0 Å². The second kappa shape index (κ2) is 7.10. The Morgan fingerprint density at radius 3 is 2.84 bits per heavy atom. The molecule has 2 atom stereocenters. The summed E-state index contributed by atoms with van der Waals surface area (Å²) >= 11 is 0. The Morgan fingerprint density at radius 1 is 1.40 bits per heavy atom. The number of carbonyl (C=O) groups excluding carboxylic acids is 1. The van der Waals surface area contributed by atoms with E-state index in [4.69, 9.17) is 10.5 Å². The third-order valence-electron chi connectivity index (χ3n) is 4.55. The van der Waals surface area contributed by atoms with Gasteiger partial charge in [0.05, 0.1) is 18.7 Å². The molecule has 1 fully saturated rings. The smallest absolute Gasteiger partial charge is 0.251 e. The lowest BCUT2D eigenvalue weighted by molar-refractivity contribution is -0.133. The van der Waals surface area contributed by atoms with Crippen LogP contribution >= 0.6 is 0 Å². The maximum Gasteiger partial charge on any atom is 0.251 e. The Balaban J connectivity index is 1.74. The Labute approximate surface area is 145 Å². The van der Waals surface area contributed by atoms with Crippen LogP contribution in [0.25, 0.3) is 0 Å². The van der Waals surface area contributed by atoms with Gasteiger partial charge in [-0.1, -0.05) is 0 Å². The molecule has 8 nitrogen and oxygen atoms in total. The average molecular weight is 345 g/mol. The summed E-state index contributed by atoms with van der Waals surface area (Å²) in [4.78, 5) is 26.6. The van der Waals surface area contributed by atoms with Crippen LogP contribution in [0.3, 0.4) is 0 Å². The van der Waals surface area contributed by atoms with Crippen molar-refractivity contribution in [2.24, 2.45) is 0 Å². The number of amides is 1. The number of aromatic nitrogens is 3. The van der Waals surface area contributed by atoms with Crippen molar-refractivity contribution in [3.8, 4) is 0 Å². The molecule has 0 spiro atoms. The zero-order valence-corrected chi connectivity index (χ0v) is 14.5. The molecule has 134 valence electrons. The highest BCUT2D eigenvalue weighted by molar-refractivity contribution is 5.76. The Bertz CT molecular complexity index is 813. The monoisotopic (exact) mass is 345 g/mol. The summed E-state index contributed by atoms with van der Waals surface area (Å²) < 4.78 is 8.60. The van der Waals surface area contributed by atoms with Crippen molar-refractivity contribution in [3.63, 3.8) is 0 Å². The molecule has 0 saturated carbocycles. The molecule has 1 saturated heterocycles. The summed E-state index contributed by atoms with van der Waals surface area (Å²) in [6, 6.07) is 5.03. The van der Waals surface area contributed by atoms with Gasteiger partial charge in [0.2, 0.25) is 5.91 Å². The van der Waals surface area contributed by atoms with E-state index in [9.17, 15) is 9.59 Å². The predicted molar refractivity (Wildman–Crippen MR) is 93.0 cm³/mol. The molecule has 0 unspecified atom stereocenters. The number of carbonyl (C=O) groups is 1. The van der Waals surface area contributed by atoms with Gasteiger partial charge in [-0.2, -0.15) is 5.10 Å². The summed E-state index contributed by atoms with van der Waals surface area (Å²) in [5.74, 6) is 0.348. The van der Waals surface area contributed by atoms with Crippen molar-refractivity contribution in [2.45, 2.75) is 38.6 Å². The topological polar surface area (TPSA) is 95.4 Å². The van der Waals surface area contributed by atoms with E-state index in [2.05, 4.69) is 5.10 Å². The largest absolute Gasteiger partial charge is 0.382 e. The zero-order chi connectivity index (χ0) is 18.0. The number of anilines is 1. The molecule has 1 aliphatic rings. The van der Waals surface area contributed by atoms with E-state index in [0.29, 0.717) is 18.9 Å². The number of aryl methyl sites for hydroxylation is 1. The van der Waals surface area contributed by atoms with E-state index < -0.39 is 0 Å². The van der Waals surface area contributed by atoms with Crippen molar-refractivity contribution in [3.05, 3.63) is 46.5 Å². The zero-order valence-electron chi connectivity index (χ0n) is 14.5. The van der Waals surface area contributed by atoms with Crippen LogP contribution in [0.5, 0.6) is 0 Å². The maximum absolute atomic E-state index is 12.8. The van der Waals surface area contributed by atoms with E-state index >= 15 is 0 Å². The van der Waals surface area contributed by atoms with E-state index in [-0.39, 0.29) is 30.2 Å². The molecule has 0 aromatic carbocycles. The lowest BCUT2D eigenvalue weighted by Crippen LogP contribution is -2.41. The van der Waals surface area contributed by atoms with Crippen LogP contribution < -0.4 is 11.3 Å². The summed E-state index contributed by atoms with van der Waals surface area (Å²) in [6.07, 6.45) is 4.16. The third kappa shape index (κ3) is 3.90. The van der Waals surface area contributed by atoms with E-state index in [1.165, 1.54) is 10.6 Å². The average Bonchev–Trinajstić information content (AvgIpc) is 3.16. The molecule has 0 radical (unpaired) electrons. The molecule has 3 heterocycles. The van der Waals surface area contributed by atoms with Crippen LogP contribution in [0.1, 0.15) is 12.0 Å². The Morgan fingerprint density at radius 2 is 2.20 bits per heavy atom. The van der Waals surface area contributed by atoms with Gasteiger partial charge in [0, 0.05) is 32.1 Å². The van der Waals surface area contributed by atoms with E-state index in [0.717, 1.165) is 12.0 Å². The molecule has 25 heavy (non-hydrogen) atoms. The number of rotatable bonds is 5. The van der Waals surface area contributed by atoms with Gasteiger partial charge in [-0.15, -0.1) is 0 Å². The van der Waals surface area contributed by atoms with Crippen LogP contribution in [0.4, 0.5) is 5.82 Å². The summed E-state index contributed by atoms with van der Waals surface area (Å²) in [5, 5.41) is 4.19. The normalized spacial score (nSPS) is 20.2. The fourth-order valence-electron chi connectivity index (χ4n) is 3.19. The number of pyridine rings is 1. The van der Waals surface area contributed by atoms with Gasteiger partial charge in [0.1, 0.15) is 12.4 Å². The molecule has 3 rings (SSSR count). The van der Waals surface area contributed by atoms with Crippen LogP contribution in [-0.2, 0) is 22.6 Å². The number of hydrogen-bond donors (Lipinski definition) is 1. The first-order valence-electron chi connectivity index (χ1n) is 8.24. The lowest BCUT2D eigenvalue weighted by Gasteiger charge is -2.24. The first-order chi connectivity index (χ1) is 12.0. The van der Waals surface area contributed by atoms with Crippen molar-refractivity contribution in [1.29, 1.82) is 0 Å². The van der Waals surface area contributed by atoms with Crippen LogP contribution in [0, 0.1) is 6.92 Å². The highest BCUT2D eigenvalue weighted by Gasteiger charge is 2.35. The number of nitrogens with two attached hydrogens (primary N) is 1. The molecule has 2 N–H and O–H groups in total. The molecule has 1 aliphatic heterocycles. The fraction of sp³-hybridized carbons (Fsp3) is 0.471. The summed E-state index contributed by atoms with van der Waals surface area (Å²) in [6.45, 7) is 2.93. The van der Waals surface area contributed by atoms with Gasteiger partial charge >= 0.3 is 0 Å². The second-order valence-electron chi connectivity index (χ2n) is 6.43. The van der Waals surface area contributed by atoms with Crippen molar-refractivity contribution in [2.75, 3.05) is 19.4 Å². The van der Waals surface area contributed by atoms with Gasteiger partial charge < -0.3 is 19.9 Å². The second-order valence-corrected chi connectivity index (χ2v) is 6.43. The SMILES string of the molecule is CO[C@H]1C[C@@H](Cn2ccc(N)n2)N(C(=O)Cn2ccc(C)cc2=O)C1. The number of likely N-dealkylation sites (tertiary alicyclic amines) is 1. The summed E-state index contributed by atoms with van der Waals surface area (Å²) in [5.41, 5.74) is 6.36. The minimum atomic E-state index is -0.174. The predicted octanol–water partition coefficient (Wildman–Crippen LogP) is 0.252. The lowest BCUT2D eigenvalue weighted by atomic mass is 10.2. The number of hydrogen-bond acceptors (Lipinski definition) is 5. The Hall–Kier alpha value is -2.61. The van der Waals surface area contributed by atoms with Gasteiger partial charge in [0.15, 0.2) is 0 Å². The Kier molecular flexibility index (Phi) is 4.89. The first-order valence-corrected chi connectivity index (χ1v) is 8.24. The van der Waals surface area contributed by atoms with Crippen molar-refractivity contribution >= 4 is 11.7 Å². The number of methoxy groups -OCH3 is 1. The first kappa shape index (κ1) is 17.2. The summed E-state index contributed by atoms with van der Waals surface area (Å²) in [7, 11) is 1.64. The van der Waals surface area contributed by atoms with Gasteiger partial charge in [-0.3, -0.25) is 14.3 Å². The maximum atomic E-state index is 12.8. The number of nitrogen functional groups attached to an aromatic ring is 1. The van der Waals surface area contributed by atoms with Gasteiger partial charge in [-0.25, -0.2) is 0 Å². The minimum Gasteiger partial charge on any atom is -0.382 e. The fourth-order valence-corrected chi connectivity index (χ4v) is 3.19. The van der Waals surface area contributed by atoms with Crippen molar-refractivity contribution in [1.82, 2.24) is 19.2 Å². The highest BCUT2D eigenvalue weighted by Crippen LogP contribution is 2.22. The third-order valence-corrected chi connectivity index (χ3v) is 4.55. The molecule has 8 heteroatoms. The number of ether oxygens (including phenoxy) is 1. The molecule has 1 amide bonds. The van der Waals surface area contributed by atoms with Crippen molar-refractivity contribution < 1.29 is 9.53 Å². The molecular weight excluding hydrogens is 322 g/mol. The minimum absolute atomic E-state index is 0.0170. The molecule has 2 aromatic heterocycles. The molecular formula is C17H23N5O3. The quantitative estimate of drug-likeness (QED) is 0.838. The van der Waals surface area contributed by atoms with Gasteiger partial charge in [0.25, 0.3) is 5.56 Å².